The largest absolute Gasteiger partial charge is 0.484 e. The molecule has 8 heteroatoms. The molecule has 8 nitrogen and oxygen atoms in total. The fraction of sp³-hybridized carbons (Fsp3) is 0.333. The van der Waals surface area contributed by atoms with E-state index in [-0.39, 0.29) is 12.3 Å². The quantitative estimate of drug-likeness (QED) is 0.439. The zero-order chi connectivity index (χ0) is 20.6. The highest BCUT2D eigenvalue weighted by atomic mass is 16.6. The number of carbonyl (C=O) groups is 1. The number of anilines is 1. The average Bonchev–Trinajstić information content (AvgIpc) is 2.73. The van der Waals surface area contributed by atoms with Gasteiger partial charge in [-0.05, 0) is 49.9 Å². The maximum Gasteiger partial charge on any atom is 0.277 e. The molecular weight excluding hydrogens is 372 g/mol. The van der Waals surface area contributed by atoms with Crippen molar-refractivity contribution in [2.45, 2.75) is 26.2 Å². The Balaban J connectivity index is 1.65. The number of ether oxygens (including phenoxy) is 1. The molecule has 0 atom stereocenters. The van der Waals surface area contributed by atoms with Gasteiger partial charge in [-0.25, -0.2) is 5.43 Å². The number of piperidine rings is 1. The molecule has 152 valence electrons. The first-order chi connectivity index (χ1) is 14.0. The van der Waals surface area contributed by atoms with Crippen LogP contribution >= 0.6 is 0 Å². The molecule has 0 unspecified atom stereocenters. The summed E-state index contributed by atoms with van der Waals surface area (Å²) in [5.41, 5.74) is 4.92. The summed E-state index contributed by atoms with van der Waals surface area (Å²) in [6, 6.07) is 12.1. The Morgan fingerprint density at radius 3 is 2.76 bits per heavy atom. The molecule has 0 saturated carbocycles. The second kappa shape index (κ2) is 9.68. The predicted molar refractivity (Wildman–Crippen MR) is 112 cm³/mol. The van der Waals surface area contributed by atoms with E-state index in [0.717, 1.165) is 37.2 Å². The Bertz CT molecular complexity index is 907. The van der Waals surface area contributed by atoms with Crippen LogP contribution in [0.1, 0.15) is 30.4 Å². The van der Waals surface area contributed by atoms with Gasteiger partial charge < -0.3 is 9.64 Å². The first-order valence-corrected chi connectivity index (χ1v) is 9.58. The van der Waals surface area contributed by atoms with Crippen LogP contribution in [-0.2, 0) is 4.79 Å². The van der Waals surface area contributed by atoms with Crippen LogP contribution in [0, 0.1) is 17.0 Å². The highest BCUT2D eigenvalue weighted by molar-refractivity contribution is 5.90. The molecule has 1 saturated heterocycles. The number of benzene rings is 2. The van der Waals surface area contributed by atoms with Crippen molar-refractivity contribution >= 4 is 23.5 Å². The number of nitrogens with zero attached hydrogens (tertiary/aromatic N) is 3. The molecule has 0 bridgehead atoms. The van der Waals surface area contributed by atoms with E-state index < -0.39 is 10.8 Å². The van der Waals surface area contributed by atoms with E-state index in [9.17, 15) is 14.9 Å². The summed E-state index contributed by atoms with van der Waals surface area (Å²) in [6.07, 6.45) is 4.80. The van der Waals surface area contributed by atoms with Crippen LogP contribution in [0.5, 0.6) is 5.75 Å². The van der Waals surface area contributed by atoms with Crippen molar-refractivity contribution in [3.05, 3.63) is 63.7 Å². The molecule has 29 heavy (non-hydrogen) atoms. The fourth-order valence-corrected chi connectivity index (χ4v) is 3.24. The highest BCUT2D eigenvalue weighted by Gasteiger charge is 2.17. The van der Waals surface area contributed by atoms with Crippen molar-refractivity contribution in [1.29, 1.82) is 0 Å². The second-order valence-corrected chi connectivity index (χ2v) is 6.95. The predicted octanol–water partition coefficient (Wildman–Crippen LogP) is 3.42. The molecule has 1 aliphatic heterocycles. The lowest BCUT2D eigenvalue weighted by atomic mass is 10.1. The summed E-state index contributed by atoms with van der Waals surface area (Å²) < 4.78 is 5.44. The first-order valence-electron chi connectivity index (χ1n) is 9.58. The minimum Gasteiger partial charge on any atom is -0.484 e. The molecule has 1 heterocycles. The molecule has 2 aromatic carbocycles. The lowest BCUT2D eigenvalue weighted by Crippen LogP contribution is -2.30. The number of nitro groups is 1. The normalized spacial score (nSPS) is 14.0. The van der Waals surface area contributed by atoms with Crippen LogP contribution in [0.3, 0.4) is 0 Å². The first kappa shape index (κ1) is 20.3. The summed E-state index contributed by atoms with van der Waals surface area (Å²) in [4.78, 5) is 24.9. The molecular formula is C21H24N4O4. The third-order valence-corrected chi connectivity index (χ3v) is 4.67. The van der Waals surface area contributed by atoms with Crippen LogP contribution in [0.15, 0.2) is 47.6 Å². The number of nitro benzene ring substituents is 1. The summed E-state index contributed by atoms with van der Waals surface area (Å²) in [5, 5.41) is 15.1. The highest BCUT2D eigenvalue weighted by Crippen LogP contribution is 2.26. The van der Waals surface area contributed by atoms with Crippen molar-refractivity contribution in [2.75, 3.05) is 24.6 Å². The number of carbonyl (C=O) groups excluding carboxylic acids is 1. The van der Waals surface area contributed by atoms with Crippen LogP contribution in [0.4, 0.5) is 11.4 Å². The van der Waals surface area contributed by atoms with E-state index >= 15 is 0 Å². The number of hydrazone groups is 1. The van der Waals surface area contributed by atoms with Gasteiger partial charge in [0.2, 0.25) is 0 Å². The molecule has 0 spiro atoms. The Labute approximate surface area is 169 Å². The summed E-state index contributed by atoms with van der Waals surface area (Å²) >= 11 is 0. The molecule has 1 amide bonds. The third-order valence-electron chi connectivity index (χ3n) is 4.67. The SMILES string of the molecule is Cc1cccc(OCC(=O)N/N=C\c2cc([N+](=O)[O-])ccc2N2CCCCC2)c1. The third kappa shape index (κ3) is 5.78. The Kier molecular flexibility index (Phi) is 6.78. The van der Waals surface area contributed by atoms with E-state index in [1.165, 1.54) is 24.8 Å². The van der Waals surface area contributed by atoms with E-state index in [0.29, 0.717) is 11.3 Å². The van der Waals surface area contributed by atoms with Crippen LogP contribution < -0.4 is 15.1 Å². The van der Waals surface area contributed by atoms with Gasteiger partial charge in [0.15, 0.2) is 6.61 Å². The van der Waals surface area contributed by atoms with Gasteiger partial charge in [-0.1, -0.05) is 12.1 Å². The molecule has 3 rings (SSSR count). The number of rotatable bonds is 7. The number of nitrogens with one attached hydrogen (secondary N) is 1. The van der Waals surface area contributed by atoms with Gasteiger partial charge in [0, 0.05) is 36.5 Å². The standard InChI is InChI=1S/C21H24N4O4/c1-16-6-5-7-19(12-16)29-15-21(26)23-22-14-17-13-18(25(27)28)8-9-20(17)24-10-3-2-4-11-24/h5-9,12-14H,2-4,10-11,15H2,1H3,(H,23,26)/b22-14-. The molecule has 0 aromatic heterocycles. The van der Waals surface area contributed by atoms with Crippen LogP contribution in [0.2, 0.25) is 0 Å². The van der Waals surface area contributed by atoms with Gasteiger partial charge in [0.05, 0.1) is 11.1 Å². The lowest BCUT2D eigenvalue weighted by Gasteiger charge is -2.29. The van der Waals surface area contributed by atoms with Gasteiger partial charge in [-0.15, -0.1) is 0 Å². The molecule has 0 aliphatic carbocycles. The summed E-state index contributed by atoms with van der Waals surface area (Å²) in [5.74, 6) is 0.197. The Morgan fingerprint density at radius 2 is 2.03 bits per heavy atom. The second-order valence-electron chi connectivity index (χ2n) is 6.95. The number of hydrogen-bond donors (Lipinski definition) is 1. The number of amides is 1. The van der Waals surface area contributed by atoms with Crippen molar-refractivity contribution in [1.82, 2.24) is 5.43 Å². The van der Waals surface area contributed by atoms with Crippen molar-refractivity contribution in [3.8, 4) is 5.75 Å². The minimum atomic E-state index is -0.439. The van der Waals surface area contributed by atoms with Gasteiger partial charge in [-0.2, -0.15) is 5.10 Å². The maximum atomic E-state index is 12.0. The number of non-ortho nitro benzene ring substituents is 1. The van der Waals surface area contributed by atoms with E-state index in [2.05, 4.69) is 15.4 Å². The van der Waals surface area contributed by atoms with Gasteiger partial charge >= 0.3 is 0 Å². The van der Waals surface area contributed by atoms with Gasteiger partial charge in [-0.3, -0.25) is 14.9 Å². The monoisotopic (exact) mass is 396 g/mol. The van der Waals surface area contributed by atoms with Crippen LogP contribution in [0.25, 0.3) is 0 Å². The average molecular weight is 396 g/mol. The van der Waals surface area contributed by atoms with Crippen molar-refractivity contribution in [2.24, 2.45) is 5.10 Å². The van der Waals surface area contributed by atoms with Gasteiger partial charge in [0.1, 0.15) is 5.75 Å². The van der Waals surface area contributed by atoms with Crippen molar-refractivity contribution in [3.63, 3.8) is 0 Å². The Hall–Kier alpha value is -3.42. The van der Waals surface area contributed by atoms with Crippen molar-refractivity contribution < 1.29 is 14.5 Å². The smallest absolute Gasteiger partial charge is 0.277 e. The number of hydrogen-bond acceptors (Lipinski definition) is 6. The molecule has 1 N–H and O–H groups in total. The fourth-order valence-electron chi connectivity index (χ4n) is 3.24. The minimum absolute atomic E-state index is 0.0127. The van der Waals surface area contributed by atoms with E-state index in [1.807, 2.05) is 25.1 Å². The summed E-state index contributed by atoms with van der Waals surface area (Å²) in [6.45, 7) is 3.57. The van der Waals surface area contributed by atoms with E-state index in [1.54, 1.807) is 12.1 Å². The number of aryl methyl sites for hydroxylation is 1. The summed E-state index contributed by atoms with van der Waals surface area (Å²) in [7, 11) is 0. The van der Waals surface area contributed by atoms with Gasteiger partial charge in [0.25, 0.3) is 11.6 Å². The lowest BCUT2D eigenvalue weighted by molar-refractivity contribution is -0.384. The zero-order valence-corrected chi connectivity index (χ0v) is 16.3. The molecule has 1 aliphatic rings. The molecule has 2 aromatic rings. The van der Waals surface area contributed by atoms with Crippen LogP contribution in [-0.4, -0.2) is 36.7 Å². The Morgan fingerprint density at radius 1 is 1.24 bits per heavy atom. The maximum absolute atomic E-state index is 12.0. The van der Waals surface area contributed by atoms with E-state index in [4.69, 9.17) is 4.74 Å². The topological polar surface area (TPSA) is 97.1 Å². The zero-order valence-electron chi connectivity index (χ0n) is 16.3. The molecule has 0 radical (unpaired) electrons. The molecule has 1 fully saturated rings.